The van der Waals surface area contributed by atoms with Crippen molar-refractivity contribution in [2.24, 2.45) is 0 Å². The highest BCUT2D eigenvalue weighted by molar-refractivity contribution is 6.11. The van der Waals surface area contributed by atoms with Crippen LogP contribution in [0, 0.1) is 0 Å². The predicted octanol–water partition coefficient (Wildman–Crippen LogP) is 0.756. The van der Waals surface area contributed by atoms with E-state index in [9.17, 15) is 9.59 Å². The zero-order valence-corrected chi connectivity index (χ0v) is 6.89. The van der Waals surface area contributed by atoms with Gasteiger partial charge in [-0.1, -0.05) is 19.9 Å². The van der Waals surface area contributed by atoms with Crippen molar-refractivity contribution in [3.8, 4) is 0 Å². The Labute approximate surface area is 65.7 Å². The molecule has 0 bridgehead atoms. The molecule has 2 N–H and O–H groups in total. The van der Waals surface area contributed by atoms with Crippen LogP contribution in [0.4, 0.5) is 4.79 Å². The van der Waals surface area contributed by atoms with Crippen molar-refractivity contribution in [1.82, 2.24) is 10.6 Å². The first-order valence-corrected chi connectivity index (χ1v) is 3.52. The topological polar surface area (TPSA) is 58.2 Å². The van der Waals surface area contributed by atoms with Crippen molar-refractivity contribution < 1.29 is 9.59 Å². The van der Waals surface area contributed by atoms with Gasteiger partial charge in [-0.15, -0.1) is 0 Å². The number of amides is 3. The van der Waals surface area contributed by atoms with Gasteiger partial charge in [0.2, 0.25) is 0 Å². The third-order valence-corrected chi connectivity index (χ3v) is 1.01. The van der Waals surface area contributed by atoms with Gasteiger partial charge in [-0.05, 0) is 6.92 Å². The molecule has 0 aromatic rings. The second-order valence-corrected chi connectivity index (χ2v) is 1.61. The normalized spacial score (nSPS) is 18.6. The predicted molar refractivity (Wildman–Crippen MR) is 41.8 cm³/mol. The van der Waals surface area contributed by atoms with E-state index in [1.54, 1.807) is 13.0 Å². The Bertz CT molecular complexity index is 197. The summed E-state index contributed by atoms with van der Waals surface area (Å²) >= 11 is 0. The molecule has 11 heavy (non-hydrogen) atoms. The number of carbonyl (C=O) groups excluding carboxylic acids is 2. The lowest BCUT2D eigenvalue weighted by molar-refractivity contribution is -0.115. The van der Waals surface area contributed by atoms with Crippen molar-refractivity contribution in [2.45, 2.75) is 20.8 Å². The minimum absolute atomic E-state index is 0.319. The second-order valence-electron chi connectivity index (χ2n) is 1.61. The van der Waals surface area contributed by atoms with Crippen LogP contribution in [0.3, 0.4) is 0 Å². The maximum atomic E-state index is 10.6. The van der Waals surface area contributed by atoms with Gasteiger partial charge < -0.3 is 5.32 Å². The maximum absolute atomic E-state index is 10.6. The Morgan fingerprint density at radius 3 is 1.91 bits per heavy atom. The zero-order valence-electron chi connectivity index (χ0n) is 6.89. The Morgan fingerprint density at radius 2 is 1.73 bits per heavy atom. The van der Waals surface area contributed by atoms with Crippen LogP contribution in [0.5, 0.6) is 0 Å². The Morgan fingerprint density at radius 1 is 1.18 bits per heavy atom. The molecule has 1 saturated heterocycles. The summed E-state index contributed by atoms with van der Waals surface area (Å²) in [6.07, 6.45) is 1.54. The number of urea groups is 1. The van der Waals surface area contributed by atoms with E-state index in [0.717, 1.165) is 0 Å². The molecule has 0 aromatic carbocycles. The van der Waals surface area contributed by atoms with Gasteiger partial charge in [-0.3, -0.25) is 10.1 Å². The maximum Gasteiger partial charge on any atom is 0.326 e. The lowest BCUT2D eigenvalue weighted by atomic mass is 10.4. The van der Waals surface area contributed by atoms with Crippen LogP contribution in [0.2, 0.25) is 0 Å². The summed E-state index contributed by atoms with van der Waals surface area (Å²) in [6, 6.07) is -0.451. The highest BCUT2D eigenvalue weighted by Gasteiger charge is 2.21. The van der Waals surface area contributed by atoms with Gasteiger partial charge in [-0.25, -0.2) is 4.79 Å². The van der Waals surface area contributed by atoms with Crippen LogP contribution >= 0.6 is 0 Å². The molecule has 1 aliphatic rings. The summed E-state index contributed by atoms with van der Waals surface area (Å²) in [5.41, 5.74) is 0.319. The summed E-state index contributed by atoms with van der Waals surface area (Å²) in [4.78, 5) is 20.9. The average molecular weight is 156 g/mol. The van der Waals surface area contributed by atoms with Crippen molar-refractivity contribution in [3.63, 3.8) is 0 Å². The molecule has 0 unspecified atom stereocenters. The summed E-state index contributed by atoms with van der Waals surface area (Å²) < 4.78 is 0. The number of nitrogens with one attached hydrogen (secondary N) is 2. The van der Waals surface area contributed by atoms with Crippen LogP contribution in [0.15, 0.2) is 11.8 Å². The Kier molecular flexibility index (Phi) is 3.95. The Hall–Kier alpha value is -1.32. The van der Waals surface area contributed by atoms with E-state index in [-0.39, 0.29) is 5.91 Å². The zero-order chi connectivity index (χ0) is 8.85. The molecular weight excluding hydrogens is 144 g/mol. The first kappa shape index (κ1) is 9.68. The van der Waals surface area contributed by atoms with Crippen molar-refractivity contribution >= 4 is 11.9 Å². The number of rotatable bonds is 0. The number of carbonyl (C=O) groups is 2. The van der Waals surface area contributed by atoms with E-state index in [4.69, 9.17) is 0 Å². The van der Waals surface area contributed by atoms with Gasteiger partial charge in [-0.2, -0.15) is 0 Å². The fourth-order valence-electron chi connectivity index (χ4n) is 0.584. The van der Waals surface area contributed by atoms with Gasteiger partial charge >= 0.3 is 6.03 Å². The lowest BCUT2D eigenvalue weighted by Crippen LogP contribution is -2.22. The minimum Gasteiger partial charge on any atom is -0.303 e. The SMILES string of the molecule is C/C=C1/NC(=O)NC1=O.CC. The molecule has 1 aliphatic heterocycles. The summed E-state index contributed by atoms with van der Waals surface area (Å²) in [6.45, 7) is 5.68. The number of hydrogen-bond donors (Lipinski definition) is 2. The first-order chi connectivity index (χ1) is 5.24. The van der Waals surface area contributed by atoms with Gasteiger partial charge in [0, 0.05) is 0 Å². The molecule has 4 heteroatoms. The van der Waals surface area contributed by atoms with Crippen LogP contribution in [-0.2, 0) is 4.79 Å². The smallest absolute Gasteiger partial charge is 0.303 e. The molecular formula is C7H12N2O2. The molecule has 0 radical (unpaired) electrons. The molecule has 1 heterocycles. The van der Waals surface area contributed by atoms with Gasteiger partial charge in [0.05, 0.1) is 0 Å². The molecule has 3 amide bonds. The van der Waals surface area contributed by atoms with Crippen LogP contribution in [0.25, 0.3) is 0 Å². The van der Waals surface area contributed by atoms with E-state index >= 15 is 0 Å². The van der Waals surface area contributed by atoms with Gasteiger partial charge in [0.15, 0.2) is 0 Å². The molecule has 0 saturated carbocycles. The van der Waals surface area contributed by atoms with Gasteiger partial charge in [0.1, 0.15) is 5.70 Å². The summed E-state index contributed by atoms with van der Waals surface area (Å²) in [7, 11) is 0. The van der Waals surface area contributed by atoms with Crippen LogP contribution in [-0.4, -0.2) is 11.9 Å². The quantitative estimate of drug-likeness (QED) is 0.401. The van der Waals surface area contributed by atoms with Crippen molar-refractivity contribution in [2.75, 3.05) is 0 Å². The van der Waals surface area contributed by atoms with E-state index in [1.807, 2.05) is 13.8 Å². The molecule has 0 aromatic heterocycles. The monoisotopic (exact) mass is 156 g/mol. The number of imide groups is 1. The van der Waals surface area contributed by atoms with Crippen molar-refractivity contribution in [3.05, 3.63) is 11.8 Å². The molecule has 62 valence electrons. The molecule has 1 rings (SSSR count). The standard InChI is InChI=1S/C5H6N2O2.C2H6/c1-2-3-4(8)7-5(9)6-3;1-2/h2H,1H3,(H2,6,7,8,9);1-2H3/b3-2+;. The summed E-state index contributed by atoms with van der Waals surface area (Å²) in [5, 5.41) is 4.38. The number of hydrogen-bond acceptors (Lipinski definition) is 2. The summed E-state index contributed by atoms with van der Waals surface area (Å²) in [5.74, 6) is -0.359. The fraction of sp³-hybridized carbons (Fsp3) is 0.429. The van der Waals surface area contributed by atoms with E-state index in [2.05, 4.69) is 10.6 Å². The van der Waals surface area contributed by atoms with E-state index in [0.29, 0.717) is 5.70 Å². The molecule has 4 nitrogen and oxygen atoms in total. The average Bonchev–Trinajstić information content (AvgIpc) is 2.33. The second kappa shape index (κ2) is 4.49. The van der Waals surface area contributed by atoms with Crippen molar-refractivity contribution in [1.29, 1.82) is 0 Å². The van der Waals surface area contributed by atoms with E-state index < -0.39 is 6.03 Å². The van der Waals surface area contributed by atoms with Crippen LogP contribution in [0.1, 0.15) is 20.8 Å². The highest BCUT2D eigenvalue weighted by atomic mass is 16.2. The largest absolute Gasteiger partial charge is 0.326 e. The Balaban J connectivity index is 0.000000461. The molecule has 0 spiro atoms. The minimum atomic E-state index is -0.451. The van der Waals surface area contributed by atoms with E-state index in [1.165, 1.54) is 0 Å². The third kappa shape index (κ3) is 2.41. The first-order valence-electron chi connectivity index (χ1n) is 3.52. The fourth-order valence-corrected chi connectivity index (χ4v) is 0.584. The molecule has 0 aliphatic carbocycles. The lowest BCUT2D eigenvalue weighted by Gasteiger charge is -1.85. The van der Waals surface area contributed by atoms with Gasteiger partial charge in [0.25, 0.3) is 5.91 Å². The highest BCUT2D eigenvalue weighted by Crippen LogP contribution is 1.94. The molecule has 1 fully saturated rings. The van der Waals surface area contributed by atoms with Crippen LogP contribution < -0.4 is 10.6 Å². The third-order valence-electron chi connectivity index (χ3n) is 1.01. The molecule has 0 atom stereocenters. The number of allylic oxidation sites excluding steroid dienone is 1.